The number of ether oxygens (including phenoxy) is 1. The van der Waals surface area contributed by atoms with Gasteiger partial charge in [-0.05, 0) is 42.5 Å². The second-order valence-electron chi connectivity index (χ2n) is 3.68. The Hall–Kier alpha value is -2.20. The normalized spacial score (nSPS) is 10.1. The fourth-order valence-electron chi connectivity index (χ4n) is 1.40. The van der Waals surface area contributed by atoms with Crippen LogP contribution in [0.25, 0.3) is 0 Å². The van der Waals surface area contributed by atoms with Gasteiger partial charge in [0, 0.05) is 11.3 Å². The van der Waals surface area contributed by atoms with Crippen molar-refractivity contribution in [3.8, 4) is 11.5 Å². The highest BCUT2D eigenvalue weighted by Crippen LogP contribution is 2.30. The van der Waals surface area contributed by atoms with E-state index in [0.717, 1.165) is 0 Å². The van der Waals surface area contributed by atoms with Gasteiger partial charge in [-0.15, -0.1) is 0 Å². The number of rotatable bonds is 3. The molecule has 4 nitrogen and oxygen atoms in total. The van der Waals surface area contributed by atoms with Gasteiger partial charge in [0.2, 0.25) is 5.91 Å². The average molecular weight is 263 g/mol. The molecule has 4 N–H and O–H groups in total. The molecule has 0 aliphatic heterocycles. The molecule has 0 heterocycles. The smallest absolute Gasteiger partial charge is 0.248 e. The predicted octanol–water partition coefficient (Wildman–Crippen LogP) is 2.81. The summed E-state index contributed by atoms with van der Waals surface area (Å²) in [5.41, 5.74) is 11.7. The van der Waals surface area contributed by atoms with Gasteiger partial charge in [-0.25, -0.2) is 0 Å². The standard InChI is InChI=1S/C13H11ClN2O2/c14-11-7-8(13(16)17)1-6-12(11)18-10-4-2-9(15)3-5-10/h1-7H,15H2,(H2,16,17). The van der Waals surface area contributed by atoms with E-state index < -0.39 is 5.91 Å². The van der Waals surface area contributed by atoms with E-state index in [9.17, 15) is 4.79 Å². The molecule has 2 aromatic rings. The molecule has 0 atom stereocenters. The van der Waals surface area contributed by atoms with Crippen molar-refractivity contribution in [2.75, 3.05) is 5.73 Å². The molecule has 18 heavy (non-hydrogen) atoms. The van der Waals surface area contributed by atoms with E-state index in [1.807, 2.05) is 0 Å². The number of halogens is 1. The van der Waals surface area contributed by atoms with Crippen LogP contribution < -0.4 is 16.2 Å². The number of hydrogen-bond acceptors (Lipinski definition) is 3. The van der Waals surface area contributed by atoms with Gasteiger partial charge in [0.15, 0.2) is 0 Å². The number of anilines is 1. The summed E-state index contributed by atoms with van der Waals surface area (Å²) >= 11 is 6.00. The quantitative estimate of drug-likeness (QED) is 0.835. The minimum absolute atomic E-state index is 0.322. The minimum atomic E-state index is -0.532. The Morgan fingerprint density at radius 3 is 2.33 bits per heavy atom. The molecule has 0 saturated carbocycles. The lowest BCUT2D eigenvalue weighted by molar-refractivity contribution is 0.100. The molecule has 1 amide bonds. The molecule has 0 saturated heterocycles. The number of benzene rings is 2. The number of nitrogen functional groups attached to an aromatic ring is 1. The topological polar surface area (TPSA) is 78.3 Å². The molecule has 0 bridgehead atoms. The van der Waals surface area contributed by atoms with Gasteiger partial charge in [-0.1, -0.05) is 11.6 Å². The van der Waals surface area contributed by atoms with Gasteiger partial charge < -0.3 is 16.2 Å². The molecule has 0 aliphatic rings. The molecule has 2 rings (SSSR count). The molecular weight excluding hydrogens is 252 g/mol. The van der Waals surface area contributed by atoms with Gasteiger partial charge in [0.1, 0.15) is 11.5 Å². The Bertz CT molecular complexity index is 582. The van der Waals surface area contributed by atoms with Gasteiger partial charge in [-0.3, -0.25) is 4.79 Å². The van der Waals surface area contributed by atoms with Crippen molar-refractivity contribution in [2.24, 2.45) is 5.73 Å². The number of nitrogens with two attached hydrogens (primary N) is 2. The highest BCUT2D eigenvalue weighted by molar-refractivity contribution is 6.32. The predicted molar refractivity (Wildman–Crippen MR) is 70.9 cm³/mol. The van der Waals surface area contributed by atoms with Gasteiger partial charge in [-0.2, -0.15) is 0 Å². The number of carbonyl (C=O) groups excluding carboxylic acids is 1. The summed E-state index contributed by atoms with van der Waals surface area (Å²) in [6.45, 7) is 0. The maximum Gasteiger partial charge on any atom is 0.248 e. The molecule has 0 fully saturated rings. The van der Waals surface area contributed by atoms with Crippen LogP contribution in [0.2, 0.25) is 5.02 Å². The van der Waals surface area contributed by atoms with Crippen LogP contribution in [0.5, 0.6) is 11.5 Å². The largest absolute Gasteiger partial charge is 0.456 e. The first-order valence-electron chi connectivity index (χ1n) is 5.19. The van der Waals surface area contributed by atoms with E-state index in [1.54, 1.807) is 36.4 Å². The molecule has 0 aliphatic carbocycles. The van der Waals surface area contributed by atoms with Crippen molar-refractivity contribution in [1.29, 1.82) is 0 Å². The fourth-order valence-corrected chi connectivity index (χ4v) is 1.62. The third-order valence-electron chi connectivity index (χ3n) is 2.32. The summed E-state index contributed by atoms with van der Waals surface area (Å²) < 4.78 is 5.56. The fraction of sp³-hybridized carbons (Fsp3) is 0. The van der Waals surface area contributed by atoms with Gasteiger partial charge in [0.05, 0.1) is 5.02 Å². The van der Waals surface area contributed by atoms with Gasteiger partial charge >= 0.3 is 0 Å². The number of carbonyl (C=O) groups is 1. The summed E-state index contributed by atoms with van der Waals surface area (Å²) in [7, 11) is 0. The highest BCUT2D eigenvalue weighted by atomic mass is 35.5. The van der Waals surface area contributed by atoms with Crippen LogP contribution >= 0.6 is 11.6 Å². The first-order valence-corrected chi connectivity index (χ1v) is 5.57. The first kappa shape index (κ1) is 12.3. The van der Waals surface area contributed by atoms with Crippen molar-refractivity contribution >= 4 is 23.2 Å². The molecule has 0 unspecified atom stereocenters. The van der Waals surface area contributed by atoms with Crippen LogP contribution in [0.1, 0.15) is 10.4 Å². The van der Waals surface area contributed by atoms with Crippen LogP contribution in [0.3, 0.4) is 0 Å². The third-order valence-corrected chi connectivity index (χ3v) is 2.62. The maximum atomic E-state index is 11.0. The van der Waals surface area contributed by atoms with Crippen molar-refractivity contribution in [3.05, 3.63) is 53.1 Å². The lowest BCUT2D eigenvalue weighted by Gasteiger charge is -2.08. The Labute approximate surface area is 109 Å². The number of amides is 1. The third kappa shape index (κ3) is 2.73. The summed E-state index contributed by atoms with van der Waals surface area (Å²) in [6, 6.07) is 11.5. The zero-order valence-electron chi connectivity index (χ0n) is 9.39. The molecular formula is C13H11ClN2O2. The summed E-state index contributed by atoms with van der Waals surface area (Å²) in [6.07, 6.45) is 0. The first-order chi connectivity index (χ1) is 8.56. The average Bonchev–Trinajstić information content (AvgIpc) is 2.34. The van der Waals surface area contributed by atoms with Crippen LogP contribution in [0.15, 0.2) is 42.5 Å². The second kappa shape index (κ2) is 4.98. The Kier molecular flexibility index (Phi) is 3.39. The lowest BCUT2D eigenvalue weighted by Crippen LogP contribution is -2.10. The van der Waals surface area contributed by atoms with Gasteiger partial charge in [0.25, 0.3) is 0 Å². The van der Waals surface area contributed by atoms with E-state index in [4.69, 9.17) is 27.8 Å². The Balaban J connectivity index is 2.24. The number of hydrogen-bond donors (Lipinski definition) is 2. The van der Waals surface area contributed by atoms with Crippen LogP contribution in [-0.4, -0.2) is 5.91 Å². The Morgan fingerprint density at radius 1 is 1.11 bits per heavy atom. The summed E-state index contributed by atoms with van der Waals surface area (Å²) in [5, 5.41) is 0.322. The maximum absolute atomic E-state index is 11.0. The van der Waals surface area contributed by atoms with E-state index in [0.29, 0.717) is 27.8 Å². The SMILES string of the molecule is NC(=O)c1ccc(Oc2ccc(N)cc2)c(Cl)c1. The molecule has 0 aromatic heterocycles. The zero-order chi connectivity index (χ0) is 13.1. The van der Waals surface area contributed by atoms with E-state index >= 15 is 0 Å². The van der Waals surface area contributed by atoms with E-state index in [2.05, 4.69) is 0 Å². The molecule has 92 valence electrons. The monoisotopic (exact) mass is 262 g/mol. The molecule has 2 aromatic carbocycles. The summed E-state index contributed by atoms with van der Waals surface area (Å²) in [4.78, 5) is 11.0. The Morgan fingerprint density at radius 2 is 1.78 bits per heavy atom. The molecule has 0 spiro atoms. The minimum Gasteiger partial charge on any atom is -0.456 e. The van der Waals surface area contributed by atoms with Crippen molar-refractivity contribution in [1.82, 2.24) is 0 Å². The second-order valence-corrected chi connectivity index (χ2v) is 4.09. The zero-order valence-corrected chi connectivity index (χ0v) is 10.1. The van der Waals surface area contributed by atoms with E-state index in [-0.39, 0.29) is 0 Å². The van der Waals surface area contributed by atoms with Crippen molar-refractivity contribution in [3.63, 3.8) is 0 Å². The lowest BCUT2D eigenvalue weighted by atomic mass is 10.2. The highest BCUT2D eigenvalue weighted by Gasteiger charge is 2.07. The van der Waals surface area contributed by atoms with Crippen molar-refractivity contribution < 1.29 is 9.53 Å². The van der Waals surface area contributed by atoms with Crippen molar-refractivity contribution in [2.45, 2.75) is 0 Å². The molecule has 5 heteroatoms. The van der Waals surface area contributed by atoms with Crippen LogP contribution in [0.4, 0.5) is 5.69 Å². The molecule has 0 radical (unpaired) electrons. The number of primary amides is 1. The van der Waals surface area contributed by atoms with Crippen LogP contribution in [-0.2, 0) is 0 Å². The van der Waals surface area contributed by atoms with E-state index in [1.165, 1.54) is 6.07 Å². The van der Waals surface area contributed by atoms with Crippen LogP contribution in [0, 0.1) is 0 Å². The summed E-state index contributed by atoms with van der Waals surface area (Å²) in [5.74, 6) is 0.528.